The van der Waals surface area contributed by atoms with Crippen LogP contribution >= 0.6 is 0 Å². The van der Waals surface area contributed by atoms with E-state index in [0.29, 0.717) is 41.9 Å². The van der Waals surface area contributed by atoms with Gasteiger partial charge in [-0.25, -0.2) is 4.79 Å². The molecule has 1 aliphatic rings. The van der Waals surface area contributed by atoms with Gasteiger partial charge in [-0.15, -0.1) is 0 Å². The minimum Gasteiger partial charge on any atom is -0.427 e. The molecule has 5 nitrogen and oxygen atoms in total. The van der Waals surface area contributed by atoms with Gasteiger partial charge in [-0.3, -0.25) is 4.79 Å². The molecule has 0 saturated carbocycles. The topological polar surface area (TPSA) is 65.0 Å². The second-order valence-corrected chi connectivity index (χ2v) is 6.97. The molecule has 0 aliphatic heterocycles. The fourth-order valence-electron chi connectivity index (χ4n) is 3.45. The van der Waals surface area contributed by atoms with E-state index in [9.17, 15) is 9.59 Å². The monoisotopic (exact) mass is 403 g/mol. The maximum atomic E-state index is 13.1. The summed E-state index contributed by atoms with van der Waals surface area (Å²) >= 11 is 0. The quantitative estimate of drug-likeness (QED) is 0.199. The van der Waals surface area contributed by atoms with Gasteiger partial charge in [0.1, 0.15) is 12.4 Å². The van der Waals surface area contributed by atoms with Crippen molar-refractivity contribution in [3.05, 3.63) is 95.8 Å². The van der Waals surface area contributed by atoms with Crippen molar-refractivity contribution in [2.75, 3.05) is 6.61 Å². The molecule has 3 rings (SSSR count). The van der Waals surface area contributed by atoms with Crippen LogP contribution in [0.4, 0.5) is 0 Å². The molecule has 2 aromatic rings. The van der Waals surface area contributed by atoms with E-state index in [-0.39, 0.29) is 18.3 Å². The van der Waals surface area contributed by atoms with Crippen LogP contribution in [0.3, 0.4) is 0 Å². The van der Waals surface area contributed by atoms with Gasteiger partial charge in [0.15, 0.2) is 5.78 Å². The molecular weight excluding hydrogens is 378 g/mol. The van der Waals surface area contributed by atoms with Crippen LogP contribution in [0.1, 0.15) is 48.0 Å². The van der Waals surface area contributed by atoms with Crippen LogP contribution in [0.15, 0.2) is 89.8 Å². The summed E-state index contributed by atoms with van der Waals surface area (Å²) in [5.74, 6) is -0.314. The number of carbonyl (C=O) groups is 2. The number of esters is 1. The number of nitrogens with zero attached hydrogens (tertiary/aromatic N) is 1. The summed E-state index contributed by atoms with van der Waals surface area (Å²) in [4.78, 5) is 31.1. The van der Waals surface area contributed by atoms with Gasteiger partial charge in [-0.2, -0.15) is 0 Å². The highest BCUT2D eigenvalue weighted by Crippen LogP contribution is 2.36. The lowest BCUT2D eigenvalue weighted by Gasteiger charge is -2.26. The lowest BCUT2D eigenvalue weighted by atomic mass is 9.81. The van der Waals surface area contributed by atoms with Gasteiger partial charge >= 0.3 is 5.97 Å². The number of Topliss-reactive ketones (excluding diaryl/α,β-unsaturated/α-hetero) is 1. The number of hydrogen-bond acceptors (Lipinski definition) is 5. The van der Waals surface area contributed by atoms with Gasteiger partial charge in [0.05, 0.1) is 16.8 Å². The Balaban J connectivity index is 1.98. The standard InChI is InChI=1S/C25H25NO4/c1-3-15-29-26-21(4-2)24-22(27)16-20(18-11-7-5-8-12-18)17-23(24)30-25(28)19-13-9-6-10-14-19/h3,5-14,20H,1,4,15-17H2,2H3. The number of oxime groups is 1. The lowest BCUT2D eigenvalue weighted by Crippen LogP contribution is -2.26. The van der Waals surface area contributed by atoms with Crippen LogP contribution in [-0.4, -0.2) is 24.1 Å². The molecule has 30 heavy (non-hydrogen) atoms. The number of hydrogen-bond donors (Lipinski definition) is 0. The largest absolute Gasteiger partial charge is 0.427 e. The average molecular weight is 403 g/mol. The molecule has 0 heterocycles. The molecular formula is C25H25NO4. The summed E-state index contributed by atoms with van der Waals surface area (Å²) in [5.41, 5.74) is 2.29. The Morgan fingerprint density at radius 1 is 1.10 bits per heavy atom. The van der Waals surface area contributed by atoms with Crippen molar-refractivity contribution in [3.63, 3.8) is 0 Å². The molecule has 1 unspecified atom stereocenters. The first kappa shape index (κ1) is 21.2. The normalized spacial score (nSPS) is 16.9. The number of carbonyl (C=O) groups excluding carboxylic acids is 2. The molecule has 0 bridgehead atoms. The third-order valence-electron chi connectivity index (χ3n) is 4.91. The summed E-state index contributed by atoms with van der Waals surface area (Å²) in [6, 6.07) is 18.5. The van der Waals surface area contributed by atoms with E-state index in [0.717, 1.165) is 5.56 Å². The molecule has 2 aromatic carbocycles. The fourth-order valence-corrected chi connectivity index (χ4v) is 3.45. The summed E-state index contributed by atoms with van der Waals surface area (Å²) in [6.45, 7) is 5.72. The Bertz CT molecular complexity index is 961. The first-order valence-electron chi connectivity index (χ1n) is 10.0. The van der Waals surface area contributed by atoms with E-state index in [1.165, 1.54) is 0 Å². The van der Waals surface area contributed by atoms with Crippen LogP contribution in [0.25, 0.3) is 0 Å². The van der Waals surface area contributed by atoms with E-state index < -0.39 is 5.97 Å². The van der Waals surface area contributed by atoms with Crippen molar-refractivity contribution in [1.29, 1.82) is 0 Å². The molecule has 5 heteroatoms. The van der Waals surface area contributed by atoms with Gasteiger partial charge in [0.2, 0.25) is 0 Å². The first-order valence-corrected chi connectivity index (χ1v) is 10.0. The molecule has 1 atom stereocenters. The fraction of sp³-hybridized carbons (Fsp3) is 0.240. The lowest BCUT2D eigenvalue weighted by molar-refractivity contribution is -0.116. The van der Waals surface area contributed by atoms with Gasteiger partial charge in [0, 0.05) is 12.8 Å². The van der Waals surface area contributed by atoms with Crippen molar-refractivity contribution < 1.29 is 19.2 Å². The number of allylic oxidation sites excluding steroid dienone is 2. The molecule has 0 N–H and O–H groups in total. The van der Waals surface area contributed by atoms with Crippen molar-refractivity contribution in [1.82, 2.24) is 0 Å². The smallest absolute Gasteiger partial charge is 0.343 e. The SMILES string of the molecule is C=CCON=C(CC)C1=C(OC(=O)c2ccccc2)CC(c2ccccc2)CC1=O. The Morgan fingerprint density at radius 3 is 2.40 bits per heavy atom. The van der Waals surface area contributed by atoms with Crippen LogP contribution in [0.5, 0.6) is 0 Å². The van der Waals surface area contributed by atoms with Crippen LogP contribution in [0.2, 0.25) is 0 Å². The van der Waals surface area contributed by atoms with Crippen molar-refractivity contribution in [2.24, 2.45) is 5.16 Å². The van der Waals surface area contributed by atoms with Crippen molar-refractivity contribution >= 4 is 17.5 Å². The second-order valence-electron chi connectivity index (χ2n) is 6.97. The summed E-state index contributed by atoms with van der Waals surface area (Å²) in [6.07, 6.45) is 2.81. The minimum absolute atomic E-state index is 0.0618. The molecule has 0 fully saturated rings. The van der Waals surface area contributed by atoms with Crippen LogP contribution in [0, 0.1) is 0 Å². The summed E-state index contributed by atoms with van der Waals surface area (Å²) in [7, 11) is 0. The van der Waals surface area contributed by atoms with E-state index >= 15 is 0 Å². The van der Waals surface area contributed by atoms with Crippen molar-refractivity contribution in [2.45, 2.75) is 32.1 Å². The zero-order valence-corrected chi connectivity index (χ0v) is 17.0. The Morgan fingerprint density at radius 2 is 1.77 bits per heavy atom. The molecule has 0 aromatic heterocycles. The van der Waals surface area contributed by atoms with E-state index in [1.807, 2.05) is 43.3 Å². The Labute approximate surface area is 176 Å². The second kappa shape index (κ2) is 10.3. The van der Waals surface area contributed by atoms with E-state index in [4.69, 9.17) is 9.57 Å². The third kappa shape index (κ3) is 5.11. The molecule has 0 amide bonds. The van der Waals surface area contributed by atoms with Crippen molar-refractivity contribution in [3.8, 4) is 0 Å². The van der Waals surface area contributed by atoms with Gasteiger partial charge < -0.3 is 9.57 Å². The predicted molar refractivity (Wildman–Crippen MR) is 116 cm³/mol. The number of ether oxygens (including phenoxy) is 1. The predicted octanol–water partition coefficient (Wildman–Crippen LogP) is 5.21. The van der Waals surface area contributed by atoms with Crippen LogP contribution in [-0.2, 0) is 14.4 Å². The van der Waals surface area contributed by atoms with Gasteiger partial charge in [-0.05, 0) is 30.0 Å². The maximum Gasteiger partial charge on any atom is 0.343 e. The summed E-state index contributed by atoms with van der Waals surface area (Å²) in [5, 5.41) is 4.11. The van der Waals surface area contributed by atoms with Gasteiger partial charge in [0.25, 0.3) is 0 Å². The highest BCUT2D eigenvalue weighted by Gasteiger charge is 2.33. The van der Waals surface area contributed by atoms with Gasteiger partial charge in [-0.1, -0.05) is 73.3 Å². The zero-order chi connectivity index (χ0) is 21.3. The highest BCUT2D eigenvalue weighted by atomic mass is 16.6. The summed E-state index contributed by atoms with van der Waals surface area (Å²) < 4.78 is 5.76. The van der Waals surface area contributed by atoms with E-state index in [2.05, 4.69) is 11.7 Å². The molecule has 0 saturated heterocycles. The third-order valence-corrected chi connectivity index (χ3v) is 4.91. The molecule has 0 spiro atoms. The number of ketones is 1. The molecule has 0 radical (unpaired) electrons. The van der Waals surface area contributed by atoms with Crippen LogP contribution < -0.4 is 0 Å². The minimum atomic E-state index is -0.493. The highest BCUT2D eigenvalue weighted by molar-refractivity contribution is 6.23. The maximum absolute atomic E-state index is 13.1. The van der Waals surface area contributed by atoms with E-state index in [1.54, 1.807) is 30.3 Å². The zero-order valence-electron chi connectivity index (χ0n) is 17.0. The Kier molecular flexibility index (Phi) is 7.33. The molecule has 1 aliphatic carbocycles. The Hall–Kier alpha value is -3.47. The first-order chi connectivity index (χ1) is 14.6. The number of benzene rings is 2. The number of rotatable bonds is 8. The molecule has 154 valence electrons. The average Bonchev–Trinajstić information content (AvgIpc) is 2.78.